The maximum absolute atomic E-state index is 11.3. The van der Waals surface area contributed by atoms with Gasteiger partial charge in [0.1, 0.15) is 5.60 Å². The zero-order valence-corrected chi connectivity index (χ0v) is 10.1. The number of hydrogen-bond acceptors (Lipinski definition) is 4. The number of hydrogen-bond donors (Lipinski definition) is 2. The maximum Gasteiger partial charge on any atom is 0.426 e. The van der Waals surface area contributed by atoms with Gasteiger partial charge < -0.3 is 4.74 Å². The van der Waals surface area contributed by atoms with Crippen molar-refractivity contribution in [2.75, 3.05) is 5.43 Å². The fourth-order valence-corrected chi connectivity index (χ4v) is 1.07. The molecule has 0 unspecified atom stereocenters. The highest BCUT2D eigenvalue weighted by atomic mass is 35.5. The molecule has 1 aromatic heterocycles. The van der Waals surface area contributed by atoms with Crippen molar-refractivity contribution in [3.63, 3.8) is 0 Å². The quantitative estimate of drug-likeness (QED) is 0.619. The highest BCUT2D eigenvalue weighted by Crippen LogP contribution is 2.16. The number of hydrazine groups is 1. The summed E-state index contributed by atoms with van der Waals surface area (Å²) in [6, 6.07) is 3.39. The van der Waals surface area contributed by atoms with Gasteiger partial charge in [0.25, 0.3) is 0 Å². The number of halogens is 1. The molecule has 0 aromatic carbocycles. The van der Waals surface area contributed by atoms with Crippen LogP contribution < -0.4 is 10.9 Å². The van der Waals surface area contributed by atoms with Gasteiger partial charge in [0, 0.05) is 6.20 Å². The van der Waals surface area contributed by atoms with Crippen LogP contribution in [0.3, 0.4) is 0 Å². The lowest BCUT2D eigenvalue weighted by atomic mass is 10.2. The van der Waals surface area contributed by atoms with Crippen molar-refractivity contribution >= 4 is 23.4 Å². The molecule has 0 saturated carbocycles. The summed E-state index contributed by atoms with van der Waals surface area (Å²) in [5, 5.41) is 0.276. The van der Waals surface area contributed by atoms with E-state index in [-0.39, 0.29) is 5.15 Å². The van der Waals surface area contributed by atoms with Crippen LogP contribution in [0.25, 0.3) is 0 Å². The van der Waals surface area contributed by atoms with E-state index in [4.69, 9.17) is 16.3 Å². The average Bonchev–Trinajstić information content (AvgIpc) is 2.14. The monoisotopic (exact) mass is 243 g/mol. The van der Waals surface area contributed by atoms with Crippen LogP contribution in [0.5, 0.6) is 0 Å². The summed E-state index contributed by atoms with van der Waals surface area (Å²) in [6.45, 7) is 5.34. The normalized spacial score (nSPS) is 10.8. The number of rotatable bonds is 2. The van der Waals surface area contributed by atoms with Gasteiger partial charge in [0.2, 0.25) is 0 Å². The molecule has 0 aliphatic rings. The minimum atomic E-state index is -0.576. The van der Waals surface area contributed by atoms with E-state index in [1.165, 1.54) is 0 Å². The highest BCUT2D eigenvalue weighted by molar-refractivity contribution is 6.31. The topological polar surface area (TPSA) is 63.2 Å². The van der Waals surface area contributed by atoms with E-state index in [9.17, 15) is 4.79 Å². The Balaban J connectivity index is 2.47. The summed E-state index contributed by atoms with van der Waals surface area (Å²) in [6.07, 6.45) is 0.980. The number of carbonyl (C=O) groups excluding carboxylic acids is 1. The van der Waals surface area contributed by atoms with Gasteiger partial charge in [-0.25, -0.2) is 15.2 Å². The number of anilines is 1. The number of carbonyl (C=O) groups is 1. The second kappa shape index (κ2) is 5.03. The molecule has 16 heavy (non-hydrogen) atoms. The molecular formula is C10H14ClN3O2. The summed E-state index contributed by atoms with van der Waals surface area (Å²) < 4.78 is 5.02. The van der Waals surface area contributed by atoms with E-state index >= 15 is 0 Å². The Hall–Kier alpha value is -1.49. The van der Waals surface area contributed by atoms with Crippen molar-refractivity contribution in [1.82, 2.24) is 10.4 Å². The molecule has 0 radical (unpaired) electrons. The molecule has 1 heterocycles. The predicted molar refractivity (Wildman–Crippen MR) is 62.2 cm³/mol. The maximum atomic E-state index is 11.3. The standard InChI is InChI=1S/C10H14ClN3O2/c1-10(2,3)16-9(15)14-13-7-5-4-6-12-8(7)11/h4-6,13H,1-3H3,(H,14,15). The zero-order valence-electron chi connectivity index (χ0n) is 9.37. The Kier molecular flexibility index (Phi) is 3.95. The van der Waals surface area contributed by atoms with E-state index in [0.29, 0.717) is 5.69 Å². The zero-order chi connectivity index (χ0) is 12.2. The van der Waals surface area contributed by atoms with Crippen LogP contribution in [0.4, 0.5) is 10.5 Å². The van der Waals surface area contributed by atoms with Crippen LogP contribution >= 0.6 is 11.6 Å². The number of aromatic nitrogens is 1. The van der Waals surface area contributed by atoms with Crippen LogP contribution in [0.15, 0.2) is 18.3 Å². The fraction of sp³-hybridized carbons (Fsp3) is 0.400. The summed E-state index contributed by atoms with van der Waals surface area (Å²) >= 11 is 5.78. The number of ether oxygens (including phenoxy) is 1. The average molecular weight is 244 g/mol. The van der Waals surface area contributed by atoms with Crippen LogP contribution in [0, 0.1) is 0 Å². The molecule has 1 amide bonds. The molecule has 0 aliphatic carbocycles. The Labute approximate surface area is 99.1 Å². The molecule has 88 valence electrons. The number of amides is 1. The smallest absolute Gasteiger partial charge is 0.426 e. The first-order chi connectivity index (χ1) is 7.38. The molecule has 0 bridgehead atoms. The molecular weight excluding hydrogens is 230 g/mol. The third kappa shape index (κ3) is 4.35. The minimum absolute atomic E-state index is 0.276. The van der Waals surface area contributed by atoms with E-state index in [0.717, 1.165) is 0 Å². The lowest BCUT2D eigenvalue weighted by Crippen LogP contribution is -2.35. The first-order valence-electron chi connectivity index (χ1n) is 4.74. The highest BCUT2D eigenvalue weighted by Gasteiger charge is 2.15. The molecule has 2 N–H and O–H groups in total. The number of nitrogens with one attached hydrogen (secondary N) is 2. The SMILES string of the molecule is CC(C)(C)OC(=O)NNc1cccnc1Cl. The third-order valence-electron chi connectivity index (χ3n) is 1.46. The summed E-state index contributed by atoms with van der Waals surface area (Å²) in [4.78, 5) is 15.1. The van der Waals surface area contributed by atoms with Crippen molar-refractivity contribution in [2.45, 2.75) is 26.4 Å². The van der Waals surface area contributed by atoms with Crippen molar-refractivity contribution in [1.29, 1.82) is 0 Å². The molecule has 0 saturated heterocycles. The fourth-order valence-electron chi connectivity index (χ4n) is 0.901. The van der Waals surface area contributed by atoms with Gasteiger partial charge in [-0.2, -0.15) is 0 Å². The van der Waals surface area contributed by atoms with Gasteiger partial charge in [0.15, 0.2) is 5.15 Å². The van der Waals surface area contributed by atoms with Gasteiger partial charge >= 0.3 is 6.09 Å². The van der Waals surface area contributed by atoms with E-state index in [1.54, 1.807) is 39.1 Å². The van der Waals surface area contributed by atoms with E-state index in [2.05, 4.69) is 15.8 Å². The molecule has 0 atom stereocenters. The van der Waals surface area contributed by atoms with Crippen LogP contribution in [0.2, 0.25) is 5.15 Å². The lowest BCUT2D eigenvalue weighted by Gasteiger charge is -2.20. The van der Waals surface area contributed by atoms with Gasteiger partial charge in [0.05, 0.1) is 5.69 Å². The third-order valence-corrected chi connectivity index (χ3v) is 1.76. The van der Waals surface area contributed by atoms with Gasteiger partial charge in [-0.3, -0.25) is 5.43 Å². The van der Waals surface area contributed by atoms with Crippen molar-refractivity contribution in [3.8, 4) is 0 Å². The Morgan fingerprint density at radius 1 is 1.50 bits per heavy atom. The number of nitrogens with zero attached hydrogens (tertiary/aromatic N) is 1. The molecule has 1 aromatic rings. The predicted octanol–water partition coefficient (Wildman–Crippen LogP) is 2.59. The molecule has 6 heteroatoms. The van der Waals surface area contributed by atoms with Gasteiger partial charge in [-0.15, -0.1) is 0 Å². The Morgan fingerprint density at radius 3 is 2.75 bits per heavy atom. The first-order valence-corrected chi connectivity index (χ1v) is 5.12. The summed E-state index contributed by atoms with van der Waals surface area (Å²) in [5.41, 5.74) is 4.95. The second-order valence-electron chi connectivity index (χ2n) is 4.09. The van der Waals surface area contributed by atoms with Crippen LogP contribution in [0.1, 0.15) is 20.8 Å². The summed E-state index contributed by atoms with van der Waals surface area (Å²) in [7, 11) is 0. The largest absolute Gasteiger partial charge is 0.443 e. The Bertz CT molecular complexity index is 377. The summed E-state index contributed by atoms with van der Waals surface area (Å²) in [5.74, 6) is 0. The van der Waals surface area contributed by atoms with E-state index in [1.807, 2.05) is 0 Å². The number of pyridine rings is 1. The molecule has 1 rings (SSSR count). The molecule has 0 spiro atoms. The first kappa shape index (κ1) is 12.6. The second-order valence-corrected chi connectivity index (χ2v) is 4.45. The van der Waals surface area contributed by atoms with Crippen molar-refractivity contribution in [3.05, 3.63) is 23.5 Å². The minimum Gasteiger partial charge on any atom is -0.443 e. The van der Waals surface area contributed by atoms with Gasteiger partial charge in [-0.1, -0.05) is 11.6 Å². The van der Waals surface area contributed by atoms with Crippen LogP contribution in [-0.4, -0.2) is 16.7 Å². The Morgan fingerprint density at radius 2 is 2.19 bits per heavy atom. The van der Waals surface area contributed by atoms with Crippen molar-refractivity contribution in [2.24, 2.45) is 0 Å². The van der Waals surface area contributed by atoms with E-state index < -0.39 is 11.7 Å². The molecule has 0 aliphatic heterocycles. The molecule has 5 nitrogen and oxygen atoms in total. The van der Waals surface area contributed by atoms with Gasteiger partial charge in [-0.05, 0) is 32.9 Å². The van der Waals surface area contributed by atoms with Crippen molar-refractivity contribution < 1.29 is 9.53 Å². The molecule has 0 fully saturated rings. The van der Waals surface area contributed by atoms with Crippen LogP contribution in [-0.2, 0) is 4.74 Å². The lowest BCUT2D eigenvalue weighted by molar-refractivity contribution is 0.0541.